The Morgan fingerprint density at radius 3 is 1.81 bits per heavy atom. The molecule has 236 valence electrons. The highest BCUT2D eigenvalue weighted by molar-refractivity contribution is 6.63. The first kappa shape index (κ1) is 32.2. The number of carbonyl (C=O) groups excluding carboxylic acids is 2. The average molecular weight is 641 g/mol. The van der Waals surface area contributed by atoms with Gasteiger partial charge >= 0.3 is 0 Å². The highest BCUT2D eigenvalue weighted by Gasteiger charge is 2.60. The molecule has 2 aliphatic carbocycles. The van der Waals surface area contributed by atoms with Crippen LogP contribution >= 0.6 is 11.6 Å². The van der Waals surface area contributed by atoms with Crippen molar-refractivity contribution in [1.29, 1.82) is 0 Å². The zero-order valence-corrected chi connectivity index (χ0v) is 27.0. The maximum atomic E-state index is 12.5. The van der Waals surface area contributed by atoms with Crippen LogP contribution < -0.4 is 5.32 Å². The molecule has 4 atom stereocenters. The number of benzene rings is 2. The number of fused-ring (bicyclic) bond motifs is 2. The molecule has 2 aromatic heterocycles. The predicted octanol–water partition coefficient (Wildman–Crippen LogP) is 5.56. The fraction of sp³-hybridized carbons (Fsp3) is 0.300. The molecule has 1 N–H and O–H groups in total. The number of halogens is 1. The Morgan fingerprint density at radius 1 is 0.745 bits per heavy atom. The van der Waals surface area contributed by atoms with Gasteiger partial charge in [0.1, 0.15) is 11.4 Å². The zero-order chi connectivity index (χ0) is 32.5. The molecule has 0 bridgehead atoms. The van der Waals surface area contributed by atoms with Gasteiger partial charge in [-0.15, -0.1) is 0 Å². The molecule has 0 radical (unpaired) electrons. The first-order valence-electron chi connectivity index (χ1n) is 16.1. The second-order valence-corrected chi connectivity index (χ2v) is 13.1. The lowest BCUT2D eigenvalue weighted by molar-refractivity contribution is -0.130. The van der Waals surface area contributed by atoms with E-state index in [1.165, 1.54) is 6.42 Å². The van der Waals surface area contributed by atoms with Crippen LogP contribution in [0.1, 0.15) is 35.4 Å². The number of likely N-dealkylation sites (tertiary alicyclic amines) is 1. The molecule has 4 aliphatic rings. The van der Waals surface area contributed by atoms with E-state index in [4.69, 9.17) is 11.6 Å². The molecule has 6 nitrogen and oxygen atoms in total. The number of piperidine rings is 2. The standard InChI is InChI=1S/C20H18N2O.C12H12N2.C8H7ClO/c23-19(12-16-6-2-1-3-7-16)22-14-17-13-20(17,15-22)10-9-18-8-4-5-11-21-18;1-2-6-14-11(3-1)4-5-12-7-10(12)8-13-9-12;9-8(10)6-7-4-2-1-3-5-7/h1-8,11,17H,12-15H2;1-3,6,10,13H,7-9H2;1-5H,6H2. The first-order valence-corrected chi connectivity index (χ1v) is 16.4. The Morgan fingerprint density at radius 2 is 1.30 bits per heavy atom. The topological polar surface area (TPSA) is 75.2 Å². The molecule has 0 spiro atoms. The zero-order valence-electron chi connectivity index (χ0n) is 26.2. The van der Waals surface area contributed by atoms with Crippen molar-refractivity contribution < 1.29 is 9.59 Å². The SMILES string of the molecule is C(#CC12CNCC1C2)c1ccccn1.O=C(Cc1ccccc1)N1CC2CC2(C#Cc2ccccn2)C1.O=C(Cl)Cc1ccccc1. The molecule has 47 heavy (non-hydrogen) atoms. The van der Waals surface area contributed by atoms with E-state index in [0.29, 0.717) is 24.2 Å². The van der Waals surface area contributed by atoms with Crippen LogP contribution in [-0.4, -0.2) is 52.2 Å². The molecule has 4 unspecified atom stereocenters. The van der Waals surface area contributed by atoms with Crippen LogP contribution in [0, 0.1) is 46.3 Å². The van der Waals surface area contributed by atoms with E-state index < -0.39 is 0 Å². The normalized spacial score (nSPS) is 23.8. The maximum Gasteiger partial charge on any atom is 0.227 e. The molecule has 2 aliphatic heterocycles. The minimum Gasteiger partial charge on any atom is -0.341 e. The molecule has 2 saturated heterocycles. The fourth-order valence-electron chi connectivity index (χ4n) is 6.29. The third-order valence-electron chi connectivity index (χ3n) is 9.15. The highest BCUT2D eigenvalue weighted by atomic mass is 35.5. The fourth-order valence-corrected chi connectivity index (χ4v) is 6.44. The monoisotopic (exact) mass is 640 g/mol. The second-order valence-electron chi connectivity index (χ2n) is 12.6. The van der Waals surface area contributed by atoms with Gasteiger partial charge in [0.05, 0.1) is 11.8 Å². The van der Waals surface area contributed by atoms with Crippen LogP contribution in [0.2, 0.25) is 0 Å². The summed E-state index contributed by atoms with van der Waals surface area (Å²) in [6.07, 6.45) is 6.75. The number of amides is 1. The summed E-state index contributed by atoms with van der Waals surface area (Å²) in [5, 5.41) is 3.06. The Balaban J connectivity index is 0.000000137. The number of rotatable bonds is 4. The van der Waals surface area contributed by atoms with Gasteiger partial charge in [0.15, 0.2) is 0 Å². The van der Waals surface area contributed by atoms with E-state index in [9.17, 15) is 9.59 Å². The molecule has 4 heterocycles. The summed E-state index contributed by atoms with van der Waals surface area (Å²) in [4.78, 5) is 33.3. The van der Waals surface area contributed by atoms with Crippen molar-refractivity contribution in [1.82, 2.24) is 20.2 Å². The largest absolute Gasteiger partial charge is 0.341 e. The third kappa shape index (κ3) is 8.74. The molecule has 2 saturated carbocycles. The minimum atomic E-state index is -0.314. The van der Waals surface area contributed by atoms with Crippen LogP contribution in [-0.2, 0) is 22.4 Å². The third-order valence-corrected chi connectivity index (χ3v) is 9.29. The maximum absolute atomic E-state index is 12.5. The molecule has 4 aromatic rings. The van der Waals surface area contributed by atoms with Crippen LogP contribution in [0.25, 0.3) is 0 Å². The van der Waals surface area contributed by atoms with E-state index in [-0.39, 0.29) is 16.6 Å². The Hall–Kier alpha value is -4.75. The molecule has 4 fully saturated rings. The predicted molar refractivity (Wildman–Crippen MR) is 184 cm³/mol. The van der Waals surface area contributed by atoms with E-state index in [2.05, 4.69) is 39.0 Å². The smallest absolute Gasteiger partial charge is 0.227 e. The number of nitrogens with one attached hydrogen (secondary N) is 1. The summed E-state index contributed by atoms with van der Waals surface area (Å²) in [6, 6.07) is 31.0. The van der Waals surface area contributed by atoms with Gasteiger partial charge in [0.2, 0.25) is 11.1 Å². The number of nitrogens with zero attached hydrogens (tertiary/aromatic N) is 3. The first-order chi connectivity index (χ1) is 22.9. The number of aromatic nitrogens is 2. The van der Waals surface area contributed by atoms with Crippen molar-refractivity contribution in [3.8, 4) is 23.7 Å². The number of hydrogen-bond acceptors (Lipinski definition) is 5. The van der Waals surface area contributed by atoms with Gasteiger partial charge < -0.3 is 10.2 Å². The number of pyridine rings is 2. The van der Waals surface area contributed by atoms with Crippen molar-refractivity contribution in [3.05, 3.63) is 132 Å². The number of hydrogen-bond donors (Lipinski definition) is 1. The Kier molecular flexibility index (Phi) is 10.1. The summed E-state index contributed by atoms with van der Waals surface area (Å²) in [5.74, 6) is 14.7. The molecule has 1 amide bonds. The summed E-state index contributed by atoms with van der Waals surface area (Å²) >= 11 is 5.17. The second kappa shape index (κ2) is 14.8. The Labute approximate surface area is 282 Å². The van der Waals surface area contributed by atoms with E-state index in [0.717, 1.165) is 61.0 Å². The quantitative estimate of drug-likeness (QED) is 0.234. The lowest BCUT2D eigenvalue weighted by atomic mass is 10.1. The van der Waals surface area contributed by atoms with E-state index in [1.54, 1.807) is 12.4 Å². The Bertz CT molecular complexity index is 1800. The van der Waals surface area contributed by atoms with Gasteiger partial charge in [0.25, 0.3) is 0 Å². The van der Waals surface area contributed by atoms with E-state index in [1.807, 2.05) is 102 Å². The molecule has 2 aromatic carbocycles. The van der Waals surface area contributed by atoms with E-state index >= 15 is 0 Å². The average Bonchev–Trinajstić information content (AvgIpc) is 3.88. The van der Waals surface area contributed by atoms with Crippen molar-refractivity contribution in [2.75, 3.05) is 26.2 Å². The summed E-state index contributed by atoms with van der Waals surface area (Å²) in [7, 11) is 0. The van der Waals surface area contributed by atoms with Crippen molar-refractivity contribution in [2.24, 2.45) is 22.7 Å². The van der Waals surface area contributed by atoms with Crippen LogP contribution in [0.15, 0.2) is 109 Å². The van der Waals surface area contributed by atoms with Gasteiger partial charge in [-0.25, -0.2) is 9.97 Å². The number of carbonyl (C=O) groups is 2. The lowest BCUT2D eigenvalue weighted by Crippen LogP contribution is -2.32. The summed E-state index contributed by atoms with van der Waals surface area (Å²) < 4.78 is 0. The van der Waals surface area contributed by atoms with Crippen LogP contribution in [0.5, 0.6) is 0 Å². The van der Waals surface area contributed by atoms with Crippen molar-refractivity contribution in [3.63, 3.8) is 0 Å². The van der Waals surface area contributed by atoms with Gasteiger partial charge in [-0.2, -0.15) is 0 Å². The lowest BCUT2D eigenvalue weighted by Gasteiger charge is -2.19. The van der Waals surface area contributed by atoms with Gasteiger partial charge in [0, 0.05) is 43.9 Å². The summed E-state index contributed by atoms with van der Waals surface area (Å²) in [5.41, 5.74) is 4.05. The van der Waals surface area contributed by atoms with Gasteiger partial charge in [-0.05, 0) is 90.1 Å². The van der Waals surface area contributed by atoms with Crippen molar-refractivity contribution in [2.45, 2.75) is 25.7 Å². The van der Waals surface area contributed by atoms with Gasteiger partial charge in [-0.1, -0.05) is 84.6 Å². The van der Waals surface area contributed by atoms with Crippen LogP contribution in [0.3, 0.4) is 0 Å². The van der Waals surface area contributed by atoms with Gasteiger partial charge in [-0.3, -0.25) is 9.59 Å². The van der Waals surface area contributed by atoms with Crippen molar-refractivity contribution >= 4 is 22.8 Å². The summed E-state index contributed by atoms with van der Waals surface area (Å²) in [6.45, 7) is 3.83. The minimum absolute atomic E-state index is 0.0177. The molecular formula is C40H37ClN4O2. The molecular weight excluding hydrogens is 604 g/mol. The molecule has 7 heteroatoms. The molecule has 8 rings (SSSR count). The highest BCUT2D eigenvalue weighted by Crippen LogP contribution is 2.57. The van der Waals surface area contributed by atoms with Crippen LogP contribution in [0.4, 0.5) is 0 Å².